The highest BCUT2D eigenvalue weighted by Crippen LogP contribution is 2.28. The average molecular weight is 274 g/mol. The average Bonchev–Trinajstić information content (AvgIpc) is 2.86. The van der Waals surface area contributed by atoms with Crippen LogP contribution in [0, 0.1) is 0 Å². The molecule has 0 saturated carbocycles. The molecule has 0 radical (unpaired) electrons. The molecule has 3 heteroatoms. The predicted octanol–water partition coefficient (Wildman–Crippen LogP) is 4.39. The predicted molar refractivity (Wildman–Crippen MR) is 83.7 cm³/mol. The van der Waals surface area contributed by atoms with Crippen molar-refractivity contribution >= 4 is 11.3 Å². The van der Waals surface area contributed by atoms with Gasteiger partial charge in [-0.25, -0.2) is 4.98 Å². The van der Waals surface area contributed by atoms with E-state index in [0.29, 0.717) is 6.04 Å². The maximum absolute atomic E-state index is 4.70. The monoisotopic (exact) mass is 274 g/mol. The second-order valence-corrected chi connectivity index (χ2v) is 6.80. The molecule has 1 heterocycles. The van der Waals surface area contributed by atoms with Crippen molar-refractivity contribution in [3.63, 3.8) is 0 Å². The third kappa shape index (κ3) is 3.23. The molecule has 0 aliphatic rings. The van der Waals surface area contributed by atoms with Gasteiger partial charge in [0.25, 0.3) is 0 Å². The zero-order valence-electron chi connectivity index (χ0n) is 12.3. The van der Waals surface area contributed by atoms with E-state index in [2.05, 4.69) is 62.7 Å². The fraction of sp³-hybridized carbons (Fsp3) is 0.438. The summed E-state index contributed by atoms with van der Waals surface area (Å²) >= 11 is 1.71. The molecule has 0 saturated heterocycles. The highest BCUT2D eigenvalue weighted by Gasteiger charge is 2.14. The van der Waals surface area contributed by atoms with Gasteiger partial charge in [-0.3, -0.25) is 0 Å². The van der Waals surface area contributed by atoms with Crippen molar-refractivity contribution in [2.75, 3.05) is 7.05 Å². The van der Waals surface area contributed by atoms with E-state index in [1.54, 1.807) is 11.3 Å². The van der Waals surface area contributed by atoms with Crippen LogP contribution in [0.1, 0.15) is 44.3 Å². The summed E-state index contributed by atoms with van der Waals surface area (Å²) in [5.41, 5.74) is 3.82. The number of aromatic nitrogens is 1. The van der Waals surface area contributed by atoms with E-state index in [1.165, 1.54) is 11.1 Å². The second kappa shape index (κ2) is 5.43. The van der Waals surface area contributed by atoms with Crippen molar-refractivity contribution in [3.8, 4) is 11.3 Å². The highest BCUT2D eigenvalue weighted by molar-refractivity contribution is 7.10. The first-order valence-electron chi connectivity index (χ1n) is 6.65. The third-order valence-electron chi connectivity index (χ3n) is 3.37. The lowest BCUT2D eigenvalue weighted by molar-refractivity contribution is 0.590. The Morgan fingerprint density at radius 3 is 2.32 bits per heavy atom. The van der Waals surface area contributed by atoms with Gasteiger partial charge in [-0.2, -0.15) is 0 Å². The Bertz CT molecular complexity index is 535. The lowest BCUT2D eigenvalue weighted by Crippen LogP contribution is -2.11. The van der Waals surface area contributed by atoms with Crippen LogP contribution in [0.3, 0.4) is 0 Å². The van der Waals surface area contributed by atoms with E-state index < -0.39 is 0 Å². The molecule has 2 aromatic rings. The maximum Gasteiger partial charge on any atom is 0.110 e. The molecule has 2 rings (SSSR count). The molecule has 102 valence electrons. The van der Waals surface area contributed by atoms with E-state index in [-0.39, 0.29) is 5.41 Å². The Hall–Kier alpha value is -1.19. The van der Waals surface area contributed by atoms with Gasteiger partial charge in [-0.05, 0) is 24.9 Å². The maximum atomic E-state index is 4.70. The van der Waals surface area contributed by atoms with Crippen LogP contribution >= 0.6 is 11.3 Å². The first kappa shape index (κ1) is 14.2. The summed E-state index contributed by atoms with van der Waals surface area (Å²) in [7, 11) is 1.96. The van der Waals surface area contributed by atoms with Crippen LogP contribution in [0.4, 0.5) is 0 Å². The molecule has 0 spiro atoms. The Labute approximate surface area is 119 Å². The molecular formula is C16H22N2S. The van der Waals surface area contributed by atoms with Crippen LogP contribution in [-0.4, -0.2) is 12.0 Å². The van der Waals surface area contributed by atoms with Crippen LogP contribution in [0.15, 0.2) is 29.6 Å². The molecule has 1 aromatic carbocycles. The first-order valence-corrected chi connectivity index (χ1v) is 7.53. The Morgan fingerprint density at radius 1 is 1.16 bits per heavy atom. The van der Waals surface area contributed by atoms with Crippen LogP contribution in [0.5, 0.6) is 0 Å². The van der Waals surface area contributed by atoms with Crippen molar-refractivity contribution in [3.05, 3.63) is 40.2 Å². The van der Waals surface area contributed by atoms with Gasteiger partial charge in [0.15, 0.2) is 0 Å². The van der Waals surface area contributed by atoms with E-state index >= 15 is 0 Å². The van der Waals surface area contributed by atoms with Gasteiger partial charge in [-0.15, -0.1) is 11.3 Å². The van der Waals surface area contributed by atoms with Gasteiger partial charge < -0.3 is 5.32 Å². The van der Waals surface area contributed by atoms with Gasteiger partial charge in [0.1, 0.15) is 5.01 Å². The molecule has 1 unspecified atom stereocenters. The molecule has 0 bridgehead atoms. The van der Waals surface area contributed by atoms with Crippen LogP contribution < -0.4 is 5.32 Å². The zero-order chi connectivity index (χ0) is 14.0. The van der Waals surface area contributed by atoms with Crippen LogP contribution in [0.25, 0.3) is 11.3 Å². The Morgan fingerprint density at radius 2 is 1.79 bits per heavy atom. The molecule has 1 aromatic heterocycles. The summed E-state index contributed by atoms with van der Waals surface area (Å²) in [4.78, 5) is 4.70. The van der Waals surface area contributed by atoms with E-state index in [9.17, 15) is 0 Å². The molecule has 2 nitrogen and oxygen atoms in total. The largest absolute Gasteiger partial charge is 0.311 e. The van der Waals surface area contributed by atoms with Crippen LogP contribution in [-0.2, 0) is 5.41 Å². The summed E-state index contributed by atoms with van der Waals surface area (Å²) in [6.45, 7) is 8.83. The molecule has 1 atom stereocenters. The number of nitrogens with zero attached hydrogens (tertiary/aromatic N) is 1. The highest BCUT2D eigenvalue weighted by atomic mass is 32.1. The molecule has 0 aliphatic carbocycles. The summed E-state index contributed by atoms with van der Waals surface area (Å²) in [5, 5.41) is 6.49. The lowest BCUT2D eigenvalue weighted by Gasteiger charge is -2.18. The summed E-state index contributed by atoms with van der Waals surface area (Å²) in [5.74, 6) is 0. The standard InChI is InChI=1S/C16H22N2S/c1-11(17-5)15-18-14(10-19-15)12-6-8-13(9-7-12)16(2,3)4/h6-11,17H,1-5H3. The number of thiazole rings is 1. The number of benzene rings is 1. The zero-order valence-corrected chi connectivity index (χ0v) is 13.1. The fourth-order valence-corrected chi connectivity index (χ4v) is 2.78. The molecular weight excluding hydrogens is 252 g/mol. The number of hydrogen-bond acceptors (Lipinski definition) is 3. The van der Waals surface area contributed by atoms with Gasteiger partial charge in [0.05, 0.1) is 11.7 Å². The van der Waals surface area contributed by atoms with E-state index in [1.807, 2.05) is 7.05 Å². The smallest absolute Gasteiger partial charge is 0.110 e. The molecule has 0 amide bonds. The molecule has 19 heavy (non-hydrogen) atoms. The van der Waals surface area contributed by atoms with Crippen molar-refractivity contribution in [2.45, 2.75) is 39.2 Å². The Kier molecular flexibility index (Phi) is 4.07. The van der Waals surface area contributed by atoms with Crippen LogP contribution in [0.2, 0.25) is 0 Å². The van der Waals surface area contributed by atoms with E-state index in [0.717, 1.165) is 10.7 Å². The lowest BCUT2D eigenvalue weighted by atomic mass is 9.86. The topological polar surface area (TPSA) is 24.9 Å². The quantitative estimate of drug-likeness (QED) is 0.898. The molecule has 1 N–H and O–H groups in total. The minimum atomic E-state index is 0.201. The summed E-state index contributed by atoms with van der Waals surface area (Å²) in [6.07, 6.45) is 0. The third-order valence-corrected chi connectivity index (χ3v) is 4.40. The van der Waals surface area contributed by atoms with Gasteiger partial charge in [-0.1, -0.05) is 45.0 Å². The minimum Gasteiger partial charge on any atom is -0.311 e. The van der Waals surface area contributed by atoms with Crippen molar-refractivity contribution < 1.29 is 0 Å². The minimum absolute atomic E-state index is 0.201. The van der Waals surface area contributed by atoms with E-state index in [4.69, 9.17) is 4.98 Å². The van der Waals surface area contributed by atoms with Crippen molar-refractivity contribution in [2.24, 2.45) is 0 Å². The normalized spacial score (nSPS) is 13.5. The van der Waals surface area contributed by atoms with Gasteiger partial charge in [0, 0.05) is 10.9 Å². The number of rotatable bonds is 3. The van der Waals surface area contributed by atoms with Crippen molar-refractivity contribution in [1.82, 2.24) is 10.3 Å². The molecule has 0 aliphatic heterocycles. The number of hydrogen-bond donors (Lipinski definition) is 1. The van der Waals surface area contributed by atoms with Gasteiger partial charge >= 0.3 is 0 Å². The summed E-state index contributed by atoms with van der Waals surface area (Å²) in [6, 6.07) is 9.06. The second-order valence-electron chi connectivity index (χ2n) is 5.91. The molecule has 0 fully saturated rings. The Balaban J connectivity index is 2.25. The van der Waals surface area contributed by atoms with Crippen molar-refractivity contribution in [1.29, 1.82) is 0 Å². The van der Waals surface area contributed by atoms with Gasteiger partial charge in [0.2, 0.25) is 0 Å². The summed E-state index contributed by atoms with van der Waals surface area (Å²) < 4.78 is 0. The fourth-order valence-electron chi connectivity index (χ4n) is 1.88. The first-order chi connectivity index (χ1) is 8.91. The number of nitrogens with one attached hydrogen (secondary N) is 1. The SMILES string of the molecule is CNC(C)c1nc(-c2ccc(C(C)(C)C)cc2)cs1.